The van der Waals surface area contributed by atoms with E-state index in [1.165, 1.54) is 5.56 Å². The lowest BCUT2D eigenvalue weighted by Crippen LogP contribution is -2.49. The van der Waals surface area contributed by atoms with E-state index in [0.29, 0.717) is 17.9 Å². The van der Waals surface area contributed by atoms with Crippen LogP contribution in [0, 0.1) is 0 Å². The Morgan fingerprint density at radius 3 is 2.36 bits per heavy atom. The monoisotopic (exact) mass is 380 g/mol. The molecule has 28 heavy (non-hydrogen) atoms. The van der Waals surface area contributed by atoms with Crippen molar-refractivity contribution in [3.05, 3.63) is 65.7 Å². The molecule has 0 radical (unpaired) electrons. The fourth-order valence-corrected chi connectivity index (χ4v) is 3.36. The number of carbonyl (C=O) groups excluding carboxylic acids is 1. The minimum Gasteiger partial charge on any atom is -0.493 e. The van der Waals surface area contributed by atoms with Crippen molar-refractivity contribution in [2.24, 2.45) is 0 Å². The molecule has 1 amide bonds. The van der Waals surface area contributed by atoms with Crippen molar-refractivity contribution in [1.29, 1.82) is 0 Å². The van der Waals surface area contributed by atoms with Gasteiger partial charge in [-0.05, 0) is 23.3 Å². The summed E-state index contributed by atoms with van der Waals surface area (Å²) in [6, 6.07) is 16.0. The first-order chi connectivity index (χ1) is 13.7. The Morgan fingerprint density at radius 2 is 1.68 bits per heavy atom. The second-order valence-electron chi connectivity index (χ2n) is 6.86. The summed E-state index contributed by atoms with van der Waals surface area (Å²) in [6.07, 6.45) is 4.72. The first kappa shape index (κ1) is 20.0. The summed E-state index contributed by atoms with van der Waals surface area (Å²) in [6.45, 7) is 4.25. The van der Waals surface area contributed by atoms with E-state index < -0.39 is 0 Å². The van der Waals surface area contributed by atoms with E-state index in [0.717, 1.165) is 38.3 Å². The molecular weight excluding hydrogens is 352 g/mol. The minimum absolute atomic E-state index is 0.159. The van der Waals surface area contributed by atoms with E-state index >= 15 is 0 Å². The van der Waals surface area contributed by atoms with Crippen molar-refractivity contribution in [1.82, 2.24) is 9.80 Å². The Bertz CT molecular complexity index is 797. The number of rotatable bonds is 7. The highest BCUT2D eigenvalue weighted by Crippen LogP contribution is 2.27. The molecule has 0 unspecified atom stereocenters. The van der Waals surface area contributed by atoms with Crippen LogP contribution in [0.15, 0.2) is 54.6 Å². The molecule has 1 saturated heterocycles. The molecule has 0 saturated carbocycles. The van der Waals surface area contributed by atoms with Gasteiger partial charge in [-0.2, -0.15) is 0 Å². The van der Waals surface area contributed by atoms with Crippen molar-refractivity contribution < 1.29 is 14.3 Å². The van der Waals surface area contributed by atoms with Crippen LogP contribution in [0.2, 0.25) is 0 Å². The Hall–Kier alpha value is -2.79. The van der Waals surface area contributed by atoms with Crippen molar-refractivity contribution in [3.63, 3.8) is 0 Å². The summed E-state index contributed by atoms with van der Waals surface area (Å²) < 4.78 is 10.6. The zero-order chi connectivity index (χ0) is 19.8. The van der Waals surface area contributed by atoms with E-state index in [-0.39, 0.29) is 5.91 Å². The van der Waals surface area contributed by atoms with Crippen LogP contribution in [0.4, 0.5) is 0 Å². The van der Waals surface area contributed by atoms with Crippen LogP contribution in [0.5, 0.6) is 11.5 Å². The molecule has 1 aliphatic rings. The Labute approximate surface area is 167 Å². The van der Waals surface area contributed by atoms with Gasteiger partial charge in [-0.15, -0.1) is 0 Å². The number of hydrogen-bond donors (Lipinski definition) is 0. The van der Waals surface area contributed by atoms with Crippen LogP contribution >= 0.6 is 0 Å². The SMILES string of the molecule is COc1ccc(CC(=O)N2CCN(C/C=C/c3ccccc3)CC2)cc1OC. The predicted octanol–water partition coefficient (Wildman–Crippen LogP) is 3.10. The molecule has 0 aromatic heterocycles. The van der Waals surface area contributed by atoms with E-state index in [2.05, 4.69) is 29.2 Å². The summed E-state index contributed by atoms with van der Waals surface area (Å²) in [5, 5.41) is 0. The molecule has 3 rings (SSSR count). The zero-order valence-electron chi connectivity index (χ0n) is 16.6. The summed E-state index contributed by atoms with van der Waals surface area (Å²) >= 11 is 0. The number of methoxy groups -OCH3 is 2. The molecule has 0 spiro atoms. The van der Waals surface area contributed by atoms with Gasteiger partial charge in [0, 0.05) is 32.7 Å². The number of piperazine rings is 1. The van der Waals surface area contributed by atoms with Gasteiger partial charge in [0.15, 0.2) is 11.5 Å². The Morgan fingerprint density at radius 1 is 0.964 bits per heavy atom. The molecule has 0 aliphatic carbocycles. The average Bonchev–Trinajstić information content (AvgIpc) is 2.75. The van der Waals surface area contributed by atoms with Crippen LogP contribution in [-0.4, -0.2) is 62.7 Å². The Balaban J connectivity index is 1.46. The van der Waals surface area contributed by atoms with Gasteiger partial charge in [-0.3, -0.25) is 9.69 Å². The minimum atomic E-state index is 0.159. The lowest BCUT2D eigenvalue weighted by molar-refractivity contribution is -0.132. The fraction of sp³-hybridized carbons (Fsp3) is 0.348. The first-order valence-corrected chi connectivity index (χ1v) is 9.62. The second kappa shape index (κ2) is 9.95. The van der Waals surface area contributed by atoms with Crippen LogP contribution in [0.25, 0.3) is 6.08 Å². The standard InChI is InChI=1S/C23H28N2O3/c1-27-21-11-10-20(17-22(21)28-2)18-23(26)25-15-13-24(14-16-25)12-6-9-19-7-4-3-5-8-19/h3-11,17H,12-16,18H2,1-2H3/b9-6+. The molecule has 148 valence electrons. The van der Waals surface area contributed by atoms with E-state index in [4.69, 9.17) is 9.47 Å². The third-order valence-electron chi connectivity index (χ3n) is 5.00. The van der Waals surface area contributed by atoms with Gasteiger partial charge in [0.1, 0.15) is 0 Å². The molecule has 1 heterocycles. The zero-order valence-corrected chi connectivity index (χ0v) is 16.6. The predicted molar refractivity (Wildman–Crippen MR) is 112 cm³/mol. The lowest BCUT2D eigenvalue weighted by Gasteiger charge is -2.34. The van der Waals surface area contributed by atoms with Crippen LogP contribution in [0.1, 0.15) is 11.1 Å². The van der Waals surface area contributed by atoms with Gasteiger partial charge in [0.25, 0.3) is 0 Å². The van der Waals surface area contributed by atoms with Gasteiger partial charge >= 0.3 is 0 Å². The highest BCUT2D eigenvalue weighted by molar-refractivity contribution is 5.79. The van der Waals surface area contributed by atoms with Crippen LogP contribution in [0.3, 0.4) is 0 Å². The quantitative estimate of drug-likeness (QED) is 0.740. The van der Waals surface area contributed by atoms with Crippen LogP contribution < -0.4 is 9.47 Å². The third kappa shape index (κ3) is 5.36. The molecule has 2 aromatic carbocycles. The highest BCUT2D eigenvalue weighted by atomic mass is 16.5. The summed E-state index contributed by atoms with van der Waals surface area (Å²) in [7, 11) is 3.21. The van der Waals surface area contributed by atoms with Crippen molar-refractivity contribution in [2.45, 2.75) is 6.42 Å². The average molecular weight is 380 g/mol. The number of carbonyl (C=O) groups is 1. The van der Waals surface area contributed by atoms with Crippen LogP contribution in [-0.2, 0) is 11.2 Å². The largest absolute Gasteiger partial charge is 0.493 e. The summed E-state index contributed by atoms with van der Waals surface area (Å²) in [4.78, 5) is 17.0. The maximum atomic E-state index is 12.6. The molecule has 1 aliphatic heterocycles. The second-order valence-corrected chi connectivity index (χ2v) is 6.86. The molecule has 5 heteroatoms. The van der Waals surface area contributed by atoms with Gasteiger partial charge in [-0.25, -0.2) is 0 Å². The van der Waals surface area contributed by atoms with Gasteiger partial charge < -0.3 is 14.4 Å². The summed E-state index contributed by atoms with van der Waals surface area (Å²) in [5.74, 6) is 1.49. The Kier molecular flexibility index (Phi) is 7.09. The van der Waals surface area contributed by atoms with Gasteiger partial charge in [-0.1, -0.05) is 48.6 Å². The lowest BCUT2D eigenvalue weighted by atomic mass is 10.1. The van der Waals surface area contributed by atoms with E-state index in [9.17, 15) is 4.79 Å². The first-order valence-electron chi connectivity index (χ1n) is 9.62. The molecule has 0 atom stereocenters. The molecule has 0 N–H and O–H groups in total. The summed E-state index contributed by atoms with van der Waals surface area (Å²) in [5.41, 5.74) is 2.15. The molecule has 5 nitrogen and oxygen atoms in total. The maximum Gasteiger partial charge on any atom is 0.227 e. The maximum absolute atomic E-state index is 12.6. The molecule has 1 fully saturated rings. The van der Waals surface area contributed by atoms with Gasteiger partial charge in [0.05, 0.1) is 20.6 Å². The van der Waals surface area contributed by atoms with Crippen molar-refractivity contribution in [2.75, 3.05) is 46.9 Å². The number of ether oxygens (including phenoxy) is 2. The highest BCUT2D eigenvalue weighted by Gasteiger charge is 2.20. The number of nitrogens with zero attached hydrogens (tertiary/aromatic N) is 2. The number of hydrogen-bond acceptors (Lipinski definition) is 4. The molecular formula is C23H28N2O3. The van der Waals surface area contributed by atoms with E-state index in [1.54, 1.807) is 14.2 Å². The van der Waals surface area contributed by atoms with Crippen molar-refractivity contribution in [3.8, 4) is 11.5 Å². The third-order valence-corrected chi connectivity index (χ3v) is 5.00. The smallest absolute Gasteiger partial charge is 0.227 e. The molecule has 2 aromatic rings. The van der Waals surface area contributed by atoms with E-state index in [1.807, 2.05) is 41.3 Å². The fourth-order valence-electron chi connectivity index (χ4n) is 3.36. The topological polar surface area (TPSA) is 42.0 Å². The number of benzene rings is 2. The molecule has 0 bridgehead atoms. The van der Waals surface area contributed by atoms with Crippen molar-refractivity contribution >= 4 is 12.0 Å². The normalized spacial score (nSPS) is 15.0. The van der Waals surface area contributed by atoms with Gasteiger partial charge in [0.2, 0.25) is 5.91 Å². The number of amides is 1.